The number of halogens is 3. The van der Waals surface area contributed by atoms with Gasteiger partial charge < -0.3 is 9.88 Å². The molecular weight excluding hydrogens is 439 g/mol. The van der Waals surface area contributed by atoms with Crippen LogP contribution in [0, 0.1) is 0 Å². The second-order valence-electron chi connectivity index (χ2n) is 6.13. The van der Waals surface area contributed by atoms with Crippen molar-refractivity contribution in [3.05, 3.63) is 74.5 Å². The van der Waals surface area contributed by atoms with Crippen molar-refractivity contribution >= 4 is 52.5 Å². The number of hydrogen-bond acceptors (Lipinski definition) is 4. The molecule has 0 fully saturated rings. The lowest BCUT2D eigenvalue weighted by Gasteiger charge is -2.13. The summed E-state index contributed by atoms with van der Waals surface area (Å²) >= 11 is 19.5. The molecule has 0 radical (unpaired) electrons. The first-order chi connectivity index (χ1) is 13.3. The molecule has 0 aliphatic rings. The van der Waals surface area contributed by atoms with E-state index in [0.29, 0.717) is 32.2 Å². The number of carbonyl (C=O) groups excluding carboxylic acids is 1. The van der Waals surface area contributed by atoms with Crippen LogP contribution in [0.25, 0.3) is 0 Å². The highest BCUT2D eigenvalue weighted by Crippen LogP contribution is 2.28. The van der Waals surface area contributed by atoms with Crippen molar-refractivity contribution in [2.45, 2.75) is 23.9 Å². The predicted octanol–water partition coefficient (Wildman–Crippen LogP) is 5.56. The summed E-state index contributed by atoms with van der Waals surface area (Å²) in [6, 6.07) is 11.8. The Balaban J connectivity index is 1.66. The number of hydrogen-bond donors (Lipinski definition) is 1. The van der Waals surface area contributed by atoms with Crippen LogP contribution < -0.4 is 5.32 Å². The van der Waals surface area contributed by atoms with Gasteiger partial charge in [-0.2, -0.15) is 0 Å². The van der Waals surface area contributed by atoms with Gasteiger partial charge in [0.1, 0.15) is 0 Å². The maximum atomic E-state index is 12.4. The Morgan fingerprint density at radius 3 is 2.46 bits per heavy atom. The molecule has 1 aromatic heterocycles. The van der Waals surface area contributed by atoms with E-state index in [9.17, 15) is 4.79 Å². The van der Waals surface area contributed by atoms with E-state index in [1.165, 1.54) is 11.8 Å². The Labute approximate surface area is 182 Å². The predicted molar refractivity (Wildman–Crippen MR) is 114 cm³/mol. The minimum absolute atomic E-state index is 0.200. The molecule has 1 heterocycles. The fourth-order valence-electron chi connectivity index (χ4n) is 2.56. The maximum absolute atomic E-state index is 12.4. The van der Waals surface area contributed by atoms with Crippen LogP contribution >= 0.6 is 46.6 Å². The van der Waals surface area contributed by atoms with E-state index in [4.69, 9.17) is 34.8 Å². The molecule has 0 saturated heterocycles. The molecule has 1 amide bonds. The molecule has 5 nitrogen and oxygen atoms in total. The number of amides is 1. The molecule has 1 atom stereocenters. The van der Waals surface area contributed by atoms with Crippen molar-refractivity contribution in [1.29, 1.82) is 0 Å². The van der Waals surface area contributed by atoms with Gasteiger partial charge in [-0.1, -0.05) is 52.6 Å². The third-order valence-electron chi connectivity index (χ3n) is 4.08. The lowest BCUT2D eigenvalue weighted by molar-refractivity contribution is 0.0937. The monoisotopic (exact) mass is 454 g/mol. The first-order valence-corrected chi connectivity index (χ1v) is 10.5. The third kappa shape index (κ3) is 5.00. The molecule has 0 saturated carbocycles. The molecule has 2 aromatic carbocycles. The van der Waals surface area contributed by atoms with E-state index >= 15 is 0 Å². The zero-order valence-corrected chi connectivity index (χ0v) is 18.2. The van der Waals surface area contributed by atoms with Crippen molar-refractivity contribution < 1.29 is 4.79 Å². The minimum atomic E-state index is -0.311. The highest BCUT2D eigenvalue weighted by Gasteiger charge is 2.18. The number of carbonyl (C=O) groups is 1. The van der Waals surface area contributed by atoms with E-state index in [0.717, 1.165) is 10.7 Å². The first-order valence-electron chi connectivity index (χ1n) is 8.37. The van der Waals surface area contributed by atoms with E-state index < -0.39 is 0 Å². The fraction of sp³-hybridized carbons (Fsp3) is 0.211. The van der Waals surface area contributed by atoms with Gasteiger partial charge in [0.05, 0.1) is 6.04 Å². The number of aromatic nitrogens is 3. The SMILES string of the molecule is C[C@@H](NC(=O)c1ccc(Cl)cc1)c1nnc(SCc2ccc(Cl)cc2Cl)n1C. The van der Waals surface area contributed by atoms with Gasteiger partial charge in [0.15, 0.2) is 11.0 Å². The van der Waals surface area contributed by atoms with Crippen molar-refractivity contribution in [2.75, 3.05) is 0 Å². The maximum Gasteiger partial charge on any atom is 0.251 e. The van der Waals surface area contributed by atoms with Crippen LogP contribution in [0.4, 0.5) is 0 Å². The summed E-state index contributed by atoms with van der Waals surface area (Å²) in [4.78, 5) is 12.4. The summed E-state index contributed by atoms with van der Waals surface area (Å²) in [6.45, 7) is 1.86. The lowest BCUT2D eigenvalue weighted by atomic mass is 10.2. The Kier molecular flexibility index (Phi) is 6.88. The van der Waals surface area contributed by atoms with Crippen LogP contribution in [0.15, 0.2) is 47.6 Å². The lowest BCUT2D eigenvalue weighted by Crippen LogP contribution is -2.28. The average molecular weight is 456 g/mol. The Morgan fingerprint density at radius 2 is 1.79 bits per heavy atom. The van der Waals surface area contributed by atoms with Crippen molar-refractivity contribution in [2.24, 2.45) is 7.05 Å². The summed E-state index contributed by atoms with van der Waals surface area (Å²) in [7, 11) is 1.87. The van der Waals surface area contributed by atoms with Crippen LogP contribution in [-0.4, -0.2) is 20.7 Å². The second kappa shape index (κ2) is 9.18. The molecule has 9 heteroatoms. The van der Waals surface area contributed by atoms with E-state index in [1.54, 1.807) is 36.4 Å². The van der Waals surface area contributed by atoms with E-state index in [2.05, 4.69) is 15.5 Å². The molecule has 146 valence electrons. The molecule has 3 rings (SSSR count). The Hall–Kier alpha value is -1.73. The van der Waals surface area contributed by atoms with Gasteiger partial charge in [0, 0.05) is 33.4 Å². The summed E-state index contributed by atoms with van der Waals surface area (Å²) < 4.78 is 1.86. The smallest absolute Gasteiger partial charge is 0.251 e. The van der Waals surface area contributed by atoms with E-state index in [1.807, 2.05) is 24.6 Å². The minimum Gasteiger partial charge on any atom is -0.342 e. The Bertz CT molecular complexity index is 991. The molecular formula is C19H17Cl3N4OS. The highest BCUT2D eigenvalue weighted by molar-refractivity contribution is 7.98. The number of thioether (sulfide) groups is 1. The van der Waals surface area contributed by atoms with Gasteiger partial charge in [-0.3, -0.25) is 4.79 Å². The molecule has 0 unspecified atom stereocenters. The molecule has 0 spiro atoms. The topological polar surface area (TPSA) is 59.8 Å². The van der Waals surface area contributed by atoms with Gasteiger partial charge in [-0.25, -0.2) is 0 Å². The quantitative estimate of drug-likeness (QED) is 0.494. The zero-order chi connectivity index (χ0) is 20.3. The van der Waals surface area contributed by atoms with Crippen molar-refractivity contribution in [3.8, 4) is 0 Å². The third-order valence-corrected chi connectivity index (χ3v) is 5.99. The summed E-state index contributed by atoms with van der Waals surface area (Å²) in [5.41, 5.74) is 1.50. The van der Waals surface area contributed by atoms with Gasteiger partial charge in [-0.05, 0) is 48.9 Å². The summed E-state index contributed by atoms with van der Waals surface area (Å²) in [6.07, 6.45) is 0. The average Bonchev–Trinajstić information content (AvgIpc) is 3.02. The number of nitrogens with one attached hydrogen (secondary N) is 1. The fourth-order valence-corrected chi connectivity index (χ4v) is 4.16. The molecule has 0 aliphatic carbocycles. The molecule has 28 heavy (non-hydrogen) atoms. The number of nitrogens with zero attached hydrogens (tertiary/aromatic N) is 3. The summed E-state index contributed by atoms with van der Waals surface area (Å²) in [5, 5.41) is 13.9. The van der Waals surface area contributed by atoms with Crippen LogP contribution in [0.5, 0.6) is 0 Å². The summed E-state index contributed by atoms with van der Waals surface area (Å²) in [5.74, 6) is 1.09. The number of benzene rings is 2. The van der Waals surface area contributed by atoms with Gasteiger partial charge in [-0.15, -0.1) is 10.2 Å². The number of rotatable bonds is 6. The van der Waals surface area contributed by atoms with Crippen LogP contribution in [0.2, 0.25) is 15.1 Å². The van der Waals surface area contributed by atoms with Crippen molar-refractivity contribution in [3.63, 3.8) is 0 Å². The highest BCUT2D eigenvalue weighted by atomic mass is 35.5. The molecule has 1 N–H and O–H groups in total. The second-order valence-corrected chi connectivity index (χ2v) is 8.35. The first kappa shape index (κ1) is 21.0. The zero-order valence-electron chi connectivity index (χ0n) is 15.1. The van der Waals surface area contributed by atoms with Crippen LogP contribution in [-0.2, 0) is 12.8 Å². The van der Waals surface area contributed by atoms with Crippen LogP contribution in [0.1, 0.15) is 34.7 Å². The Morgan fingerprint density at radius 1 is 1.11 bits per heavy atom. The molecule has 0 bridgehead atoms. The molecule has 0 aliphatic heterocycles. The van der Waals surface area contributed by atoms with E-state index in [-0.39, 0.29) is 11.9 Å². The van der Waals surface area contributed by atoms with Gasteiger partial charge in [0.25, 0.3) is 5.91 Å². The van der Waals surface area contributed by atoms with Crippen LogP contribution in [0.3, 0.4) is 0 Å². The standard InChI is InChI=1S/C19H17Cl3N4OS/c1-11(23-18(27)12-3-6-14(20)7-4-12)17-24-25-19(26(17)2)28-10-13-5-8-15(21)9-16(13)22/h3-9,11H,10H2,1-2H3,(H,23,27)/t11-/m1/s1. The van der Waals surface area contributed by atoms with Gasteiger partial charge in [0.2, 0.25) is 0 Å². The normalized spacial score (nSPS) is 12.0. The van der Waals surface area contributed by atoms with Crippen molar-refractivity contribution in [1.82, 2.24) is 20.1 Å². The molecule has 3 aromatic rings. The van der Waals surface area contributed by atoms with Gasteiger partial charge >= 0.3 is 0 Å². The largest absolute Gasteiger partial charge is 0.342 e.